The van der Waals surface area contributed by atoms with Crippen LogP contribution in [0, 0.1) is 0 Å². The Labute approximate surface area is 406 Å². The summed E-state index contributed by atoms with van der Waals surface area (Å²) in [5.74, 6) is 0. The van der Waals surface area contributed by atoms with Gasteiger partial charge in [-0.25, -0.2) is 0 Å². The van der Waals surface area contributed by atoms with Gasteiger partial charge >= 0.3 is 0 Å². The van der Waals surface area contributed by atoms with Gasteiger partial charge in [0.2, 0.25) is 0 Å². The maximum atomic E-state index is 11.5. The van der Waals surface area contributed by atoms with E-state index in [0.717, 1.165) is 122 Å². The van der Waals surface area contributed by atoms with Crippen LogP contribution < -0.4 is 9.80 Å². The van der Waals surface area contributed by atoms with Gasteiger partial charge in [-0.2, -0.15) is 0 Å². The highest BCUT2D eigenvalue weighted by Gasteiger charge is 2.27. The van der Waals surface area contributed by atoms with E-state index in [9.17, 15) is 10.2 Å². The Kier molecular flexibility index (Phi) is 10.2. The van der Waals surface area contributed by atoms with Crippen LogP contribution in [0.1, 0.15) is 38.8 Å². The lowest BCUT2D eigenvalue weighted by Gasteiger charge is -2.31. The lowest BCUT2D eigenvalue weighted by atomic mass is 9.95. The molecule has 70 heavy (non-hydrogen) atoms. The molecule has 0 radical (unpaired) electrons. The van der Waals surface area contributed by atoms with E-state index < -0.39 is 11.2 Å². The molecule has 0 atom stereocenters. The van der Waals surface area contributed by atoms with Crippen LogP contribution >= 0.6 is 0 Å². The van der Waals surface area contributed by atoms with Crippen molar-refractivity contribution in [1.29, 1.82) is 0 Å². The third kappa shape index (κ3) is 7.64. The van der Waals surface area contributed by atoms with Crippen LogP contribution in [0.3, 0.4) is 0 Å². The second kappa shape index (κ2) is 16.7. The van der Waals surface area contributed by atoms with E-state index in [1.807, 2.05) is 76.2 Å². The number of para-hydroxylation sites is 2. The van der Waals surface area contributed by atoms with Crippen molar-refractivity contribution >= 4 is 88.8 Å². The zero-order chi connectivity index (χ0) is 47.7. The highest BCUT2D eigenvalue weighted by molar-refractivity contribution is 6.15. The Morgan fingerprint density at radius 3 is 1.09 bits per heavy atom. The molecule has 2 aromatic heterocycles. The van der Waals surface area contributed by atoms with Crippen LogP contribution in [0.2, 0.25) is 0 Å². The lowest BCUT2D eigenvalue weighted by molar-refractivity contribution is 0.0786. The molecule has 0 aliphatic rings. The number of fused-ring (bicyclic) bond motifs is 7. The molecule has 6 nitrogen and oxygen atoms in total. The number of anilines is 6. The summed E-state index contributed by atoms with van der Waals surface area (Å²) in [5.41, 5.74) is 12.5. The number of benzene rings is 10. The Hall–Kier alpha value is -8.42. The molecule has 340 valence electrons. The van der Waals surface area contributed by atoms with Gasteiger partial charge in [0.1, 0.15) is 22.3 Å². The van der Waals surface area contributed by atoms with E-state index >= 15 is 0 Å². The van der Waals surface area contributed by atoms with Crippen LogP contribution in [-0.2, 0) is 11.2 Å². The Balaban J connectivity index is 0.961. The summed E-state index contributed by atoms with van der Waals surface area (Å²) < 4.78 is 13.5. The summed E-state index contributed by atoms with van der Waals surface area (Å²) in [5, 5.41) is 29.0. The van der Waals surface area contributed by atoms with Crippen molar-refractivity contribution in [2.45, 2.75) is 38.9 Å². The van der Waals surface area contributed by atoms with E-state index in [2.05, 4.69) is 180 Å². The molecule has 0 saturated carbocycles. The van der Waals surface area contributed by atoms with E-state index in [1.54, 1.807) is 0 Å². The highest BCUT2D eigenvalue weighted by atomic mass is 16.3. The molecule has 12 aromatic rings. The summed E-state index contributed by atoms with van der Waals surface area (Å²) in [6, 6.07) is 75.4. The topological polar surface area (TPSA) is 73.2 Å². The molecule has 0 spiro atoms. The molecule has 0 fully saturated rings. The fourth-order valence-corrected chi connectivity index (χ4v) is 10.2. The van der Waals surface area contributed by atoms with E-state index in [1.165, 1.54) is 0 Å². The lowest BCUT2D eigenvalue weighted by Crippen LogP contribution is -2.21. The largest absolute Gasteiger partial charge is 0.456 e. The zero-order valence-electron chi connectivity index (χ0n) is 39.4. The molecule has 0 bridgehead atoms. The molecule has 2 N–H and O–H groups in total. The smallest absolute Gasteiger partial charge is 0.137 e. The van der Waals surface area contributed by atoms with Gasteiger partial charge in [-0.15, -0.1) is 0 Å². The van der Waals surface area contributed by atoms with Gasteiger partial charge in [-0.05, 0) is 146 Å². The van der Waals surface area contributed by atoms with Crippen molar-refractivity contribution in [3.8, 4) is 22.3 Å². The minimum atomic E-state index is -1.10. The number of rotatable bonds is 10. The molecule has 10 aromatic carbocycles. The normalized spacial score (nSPS) is 12.1. The average Bonchev–Trinajstić information content (AvgIpc) is 3.91. The monoisotopic (exact) mass is 910 g/mol. The first kappa shape index (κ1) is 42.9. The number of furan rings is 2. The summed E-state index contributed by atoms with van der Waals surface area (Å²) >= 11 is 0. The highest BCUT2D eigenvalue weighted by Crippen LogP contribution is 2.46. The first-order valence-electron chi connectivity index (χ1n) is 23.8. The Bertz CT molecular complexity index is 3670. The second-order valence-electron chi connectivity index (χ2n) is 19.3. The Morgan fingerprint density at radius 2 is 0.671 bits per heavy atom. The van der Waals surface area contributed by atoms with Crippen LogP contribution in [0.4, 0.5) is 34.1 Å². The minimum Gasteiger partial charge on any atom is -0.456 e. The fourth-order valence-electron chi connectivity index (χ4n) is 10.2. The van der Waals surface area contributed by atoms with Crippen LogP contribution in [0.15, 0.2) is 227 Å². The van der Waals surface area contributed by atoms with Crippen molar-refractivity contribution < 1.29 is 19.0 Å². The maximum absolute atomic E-state index is 11.5. The van der Waals surface area contributed by atoms with Gasteiger partial charge in [0.25, 0.3) is 0 Å². The number of nitrogens with zero attached hydrogens (tertiary/aromatic N) is 2. The van der Waals surface area contributed by atoms with E-state index in [-0.39, 0.29) is 0 Å². The van der Waals surface area contributed by atoms with Gasteiger partial charge in [0.05, 0.1) is 22.6 Å². The molecule has 0 amide bonds. The predicted molar refractivity (Wildman–Crippen MR) is 289 cm³/mol. The number of hydrogen-bond acceptors (Lipinski definition) is 6. The molecule has 6 heteroatoms. The molecule has 0 unspecified atom stereocenters. The molecular formula is C64H50N2O4. The fraction of sp³-hybridized carbons (Fsp3) is 0.0938. The van der Waals surface area contributed by atoms with Crippen molar-refractivity contribution in [3.63, 3.8) is 0 Å². The van der Waals surface area contributed by atoms with Crippen LogP contribution in [0.25, 0.3) is 76.9 Å². The standard InChI is InChI=1S/C64H50N2O4/c1-63(2,67)55-25-11-13-27-57(55)65(47-23-15-21-43(33-47)41-17-7-5-8-18-41)49-29-31-51-53-35-45-38-60-54(36-46(45)37-59(53)69-61(51)39-49)52-32-30-50(40-62(52)70-60)66(58-28-14-12-26-56(58)64(3,4)68)48-24-16-22-44(34-48)42-19-9-6-10-20-42/h5-40,67-68H,1-4H3. The second-order valence-corrected chi connectivity index (χ2v) is 19.3. The summed E-state index contributed by atoms with van der Waals surface area (Å²) in [7, 11) is 0. The van der Waals surface area contributed by atoms with Crippen molar-refractivity contribution in [2.75, 3.05) is 9.80 Å². The summed E-state index contributed by atoms with van der Waals surface area (Å²) in [4.78, 5) is 4.42. The van der Waals surface area contributed by atoms with Crippen LogP contribution in [0.5, 0.6) is 0 Å². The van der Waals surface area contributed by atoms with Gasteiger partial charge in [0.15, 0.2) is 0 Å². The molecule has 12 rings (SSSR count). The zero-order valence-corrected chi connectivity index (χ0v) is 39.4. The summed E-state index contributed by atoms with van der Waals surface area (Å²) in [6.45, 7) is 7.32. The molecule has 0 aliphatic carbocycles. The molecular weight excluding hydrogens is 861 g/mol. The first-order valence-corrected chi connectivity index (χ1v) is 23.8. The van der Waals surface area contributed by atoms with Crippen molar-refractivity contribution in [2.24, 2.45) is 0 Å². The predicted octanol–water partition coefficient (Wildman–Crippen LogP) is 17.4. The number of hydrogen-bond donors (Lipinski definition) is 2. The van der Waals surface area contributed by atoms with Crippen molar-refractivity contribution in [1.82, 2.24) is 0 Å². The molecule has 0 saturated heterocycles. The minimum absolute atomic E-state index is 0.763. The molecule has 2 heterocycles. The quantitative estimate of drug-likeness (QED) is 0.142. The van der Waals surface area contributed by atoms with Gasteiger partial charge in [0, 0.05) is 67.6 Å². The van der Waals surface area contributed by atoms with Gasteiger partial charge in [-0.3, -0.25) is 0 Å². The Morgan fingerprint density at radius 1 is 0.314 bits per heavy atom. The van der Waals surface area contributed by atoms with Crippen LogP contribution in [-0.4, -0.2) is 10.2 Å². The maximum Gasteiger partial charge on any atom is 0.137 e. The van der Waals surface area contributed by atoms with Gasteiger partial charge in [-0.1, -0.05) is 121 Å². The average molecular weight is 911 g/mol. The van der Waals surface area contributed by atoms with Gasteiger partial charge < -0.3 is 28.8 Å². The number of aliphatic hydroxyl groups is 2. The third-order valence-corrected chi connectivity index (χ3v) is 13.5. The SMILES string of the molecule is CC(C)(O)c1ccccc1N(c1cccc(-c2ccccc2)c1)c1ccc2c(c1)oc1cc3cc4c(cc3cc12)oc1cc(N(c2cccc(-c3ccccc3)c2)c2ccccc2C(C)(C)O)ccc14. The van der Waals surface area contributed by atoms with Crippen molar-refractivity contribution in [3.05, 3.63) is 230 Å². The van der Waals surface area contributed by atoms with E-state index in [4.69, 9.17) is 8.83 Å². The van der Waals surface area contributed by atoms with E-state index in [0.29, 0.717) is 0 Å². The third-order valence-electron chi connectivity index (χ3n) is 13.5. The molecule has 0 aliphatic heterocycles. The first-order chi connectivity index (χ1) is 33.9. The summed E-state index contributed by atoms with van der Waals surface area (Å²) in [6.07, 6.45) is 0.